The van der Waals surface area contributed by atoms with Gasteiger partial charge in [-0.25, -0.2) is 18.4 Å². The highest BCUT2D eigenvalue weighted by Crippen LogP contribution is 2.29. The zero-order valence-corrected chi connectivity index (χ0v) is 14.1. The molecule has 0 spiro atoms. The van der Waals surface area contributed by atoms with Crippen LogP contribution < -0.4 is 0 Å². The quantitative estimate of drug-likeness (QED) is 0.715. The van der Waals surface area contributed by atoms with E-state index in [1.54, 1.807) is 4.90 Å². The predicted octanol–water partition coefficient (Wildman–Crippen LogP) is 2.64. The molecule has 0 saturated carbocycles. The monoisotopic (exact) mass is 365 g/mol. The summed E-state index contributed by atoms with van der Waals surface area (Å²) in [5.41, 5.74) is 3.30. The van der Waals surface area contributed by atoms with Crippen molar-refractivity contribution < 1.29 is 13.6 Å². The van der Waals surface area contributed by atoms with Crippen molar-refractivity contribution in [3.63, 3.8) is 0 Å². The Bertz CT molecular complexity index is 1090. The minimum Gasteiger partial charge on any atom is -0.332 e. The molecule has 1 aliphatic heterocycles. The summed E-state index contributed by atoms with van der Waals surface area (Å²) in [6, 6.07) is 11.2. The number of hydrogen-bond acceptors (Lipinski definition) is 4. The standard InChI is InChI=1S/C19H13F2N5O/c20-16-4-3-13(6-17(16)21)12-1-2-14-8-25(9-15(14)5-12)19(27)10-26-11-23-18(7-22)24-26/h1-6,11H,8-10H2. The van der Waals surface area contributed by atoms with Crippen molar-refractivity contribution in [1.82, 2.24) is 19.7 Å². The number of hydrogen-bond donors (Lipinski definition) is 0. The van der Waals surface area contributed by atoms with Crippen molar-refractivity contribution in [2.75, 3.05) is 0 Å². The van der Waals surface area contributed by atoms with Crippen LogP contribution in [0.2, 0.25) is 0 Å². The molecule has 6 nitrogen and oxygen atoms in total. The van der Waals surface area contributed by atoms with Crippen LogP contribution in [0.4, 0.5) is 8.78 Å². The normalized spacial score (nSPS) is 12.7. The number of halogens is 2. The lowest BCUT2D eigenvalue weighted by molar-refractivity contribution is -0.132. The third-order valence-electron chi connectivity index (χ3n) is 4.47. The number of nitriles is 1. The summed E-state index contributed by atoms with van der Waals surface area (Å²) in [5.74, 6) is -1.91. The zero-order chi connectivity index (χ0) is 19.0. The van der Waals surface area contributed by atoms with Crippen molar-refractivity contribution in [3.8, 4) is 17.2 Å². The van der Waals surface area contributed by atoms with Crippen LogP contribution in [-0.4, -0.2) is 25.6 Å². The Labute approximate surface area is 153 Å². The second-order valence-electron chi connectivity index (χ2n) is 6.24. The largest absolute Gasteiger partial charge is 0.332 e. The van der Waals surface area contributed by atoms with E-state index >= 15 is 0 Å². The molecule has 1 aromatic heterocycles. The molecule has 1 amide bonds. The molecule has 0 atom stereocenters. The van der Waals surface area contributed by atoms with Gasteiger partial charge in [-0.2, -0.15) is 5.26 Å². The van der Waals surface area contributed by atoms with Crippen molar-refractivity contribution in [2.45, 2.75) is 19.6 Å². The van der Waals surface area contributed by atoms with E-state index in [1.807, 2.05) is 24.3 Å². The maximum atomic E-state index is 13.5. The fourth-order valence-corrected chi connectivity index (χ4v) is 3.09. The lowest BCUT2D eigenvalue weighted by Gasteiger charge is -2.14. The van der Waals surface area contributed by atoms with E-state index in [1.165, 1.54) is 17.1 Å². The first kappa shape index (κ1) is 16.8. The molecule has 0 fully saturated rings. The number of carbonyl (C=O) groups is 1. The summed E-state index contributed by atoms with van der Waals surface area (Å²) in [6.07, 6.45) is 1.35. The number of fused-ring (bicyclic) bond motifs is 1. The molecule has 0 bridgehead atoms. The van der Waals surface area contributed by atoms with Crippen LogP contribution in [-0.2, 0) is 24.4 Å². The Balaban J connectivity index is 1.50. The van der Waals surface area contributed by atoms with Crippen LogP contribution in [0.1, 0.15) is 17.0 Å². The van der Waals surface area contributed by atoms with Crippen molar-refractivity contribution >= 4 is 5.91 Å². The lowest BCUT2D eigenvalue weighted by atomic mass is 10.0. The van der Waals surface area contributed by atoms with Gasteiger partial charge in [-0.1, -0.05) is 18.2 Å². The molecule has 0 radical (unpaired) electrons. The fourth-order valence-electron chi connectivity index (χ4n) is 3.09. The zero-order valence-electron chi connectivity index (χ0n) is 14.1. The average Bonchev–Trinajstić information content (AvgIpc) is 3.29. The summed E-state index contributed by atoms with van der Waals surface area (Å²) in [4.78, 5) is 17.9. The minimum absolute atomic E-state index is 0.00129. The lowest BCUT2D eigenvalue weighted by Crippen LogP contribution is -2.29. The fraction of sp³-hybridized carbons (Fsp3) is 0.158. The molecule has 4 rings (SSSR count). The van der Waals surface area contributed by atoms with Gasteiger partial charge in [0.05, 0.1) is 0 Å². The van der Waals surface area contributed by atoms with Crippen LogP contribution in [0.15, 0.2) is 42.7 Å². The molecular formula is C19H13F2N5O. The number of aromatic nitrogens is 3. The van der Waals surface area contributed by atoms with Gasteiger partial charge in [0, 0.05) is 13.1 Å². The van der Waals surface area contributed by atoms with Gasteiger partial charge in [0.25, 0.3) is 5.82 Å². The van der Waals surface area contributed by atoms with Gasteiger partial charge in [-0.15, -0.1) is 5.10 Å². The minimum atomic E-state index is -0.894. The van der Waals surface area contributed by atoms with Gasteiger partial charge in [-0.3, -0.25) is 4.79 Å². The molecule has 0 saturated heterocycles. The topological polar surface area (TPSA) is 74.8 Å². The van der Waals surface area contributed by atoms with Crippen molar-refractivity contribution in [3.05, 3.63) is 71.3 Å². The Kier molecular flexibility index (Phi) is 4.12. The number of nitrogens with zero attached hydrogens (tertiary/aromatic N) is 5. The maximum Gasteiger partial charge on any atom is 0.252 e. The number of rotatable bonds is 3. The van der Waals surface area contributed by atoms with Crippen molar-refractivity contribution in [1.29, 1.82) is 5.26 Å². The Hall–Kier alpha value is -3.60. The molecule has 27 heavy (non-hydrogen) atoms. The van der Waals surface area contributed by atoms with Gasteiger partial charge in [0.2, 0.25) is 5.91 Å². The van der Waals surface area contributed by atoms with Crippen LogP contribution in [0, 0.1) is 23.0 Å². The molecule has 1 aliphatic rings. The van der Waals surface area contributed by atoms with E-state index in [9.17, 15) is 13.6 Å². The van der Waals surface area contributed by atoms with Crippen molar-refractivity contribution in [2.24, 2.45) is 0 Å². The molecule has 2 heterocycles. The summed E-state index contributed by atoms with van der Waals surface area (Å²) < 4.78 is 27.9. The number of carbonyl (C=O) groups excluding carboxylic acids is 1. The molecule has 0 N–H and O–H groups in total. The first-order chi connectivity index (χ1) is 13.0. The second kappa shape index (κ2) is 6.61. The third-order valence-corrected chi connectivity index (χ3v) is 4.47. The molecule has 134 valence electrons. The molecule has 2 aromatic carbocycles. The Morgan fingerprint density at radius 1 is 1.07 bits per heavy atom. The summed E-state index contributed by atoms with van der Waals surface area (Å²) in [7, 11) is 0. The van der Waals surface area contributed by atoms with Crippen LogP contribution in [0.3, 0.4) is 0 Å². The maximum absolute atomic E-state index is 13.5. The highest BCUT2D eigenvalue weighted by Gasteiger charge is 2.24. The molecule has 0 unspecified atom stereocenters. The molecule has 8 heteroatoms. The van der Waals surface area contributed by atoms with E-state index in [2.05, 4.69) is 10.1 Å². The SMILES string of the molecule is N#Cc1ncn(CC(=O)N2Cc3ccc(-c4ccc(F)c(F)c4)cc3C2)n1. The Morgan fingerprint density at radius 2 is 1.81 bits per heavy atom. The number of amides is 1. The van der Waals surface area contributed by atoms with Crippen LogP contribution in [0.5, 0.6) is 0 Å². The van der Waals surface area contributed by atoms with Gasteiger partial charge >= 0.3 is 0 Å². The number of benzene rings is 2. The van der Waals surface area contributed by atoms with E-state index in [-0.39, 0.29) is 18.3 Å². The molecular weight excluding hydrogens is 352 g/mol. The average molecular weight is 365 g/mol. The highest BCUT2D eigenvalue weighted by atomic mass is 19.2. The smallest absolute Gasteiger partial charge is 0.252 e. The van der Waals surface area contributed by atoms with E-state index in [4.69, 9.17) is 5.26 Å². The van der Waals surface area contributed by atoms with E-state index in [0.717, 1.165) is 28.8 Å². The predicted molar refractivity (Wildman–Crippen MR) is 90.8 cm³/mol. The van der Waals surface area contributed by atoms with E-state index in [0.29, 0.717) is 18.7 Å². The first-order valence-corrected chi connectivity index (χ1v) is 8.18. The summed E-state index contributed by atoms with van der Waals surface area (Å²) in [6.45, 7) is 0.885. The van der Waals surface area contributed by atoms with Gasteiger partial charge in [0.1, 0.15) is 18.9 Å². The van der Waals surface area contributed by atoms with Gasteiger partial charge in [0.15, 0.2) is 11.6 Å². The van der Waals surface area contributed by atoms with Crippen LogP contribution in [0.25, 0.3) is 11.1 Å². The summed E-state index contributed by atoms with van der Waals surface area (Å²) >= 11 is 0. The molecule has 0 aliphatic carbocycles. The van der Waals surface area contributed by atoms with Gasteiger partial charge < -0.3 is 4.90 Å². The third kappa shape index (κ3) is 3.27. The first-order valence-electron chi connectivity index (χ1n) is 8.18. The Morgan fingerprint density at radius 3 is 2.56 bits per heavy atom. The summed E-state index contributed by atoms with van der Waals surface area (Å²) in [5, 5.41) is 12.6. The highest BCUT2D eigenvalue weighted by molar-refractivity contribution is 5.77. The van der Waals surface area contributed by atoms with Crippen LogP contribution >= 0.6 is 0 Å². The van der Waals surface area contributed by atoms with E-state index < -0.39 is 11.6 Å². The second-order valence-corrected chi connectivity index (χ2v) is 6.24. The molecule has 3 aromatic rings. The van der Waals surface area contributed by atoms with Gasteiger partial charge in [-0.05, 0) is 40.5 Å².